The van der Waals surface area contributed by atoms with Crippen LogP contribution in [0.3, 0.4) is 0 Å². The second-order valence-corrected chi connectivity index (χ2v) is 3.93. The van der Waals surface area contributed by atoms with E-state index in [-0.39, 0.29) is 0 Å². The molecule has 0 rings (SSSR count). The Hall–Kier alpha value is -0.0400. The van der Waals surface area contributed by atoms with Crippen LogP contribution in [-0.2, 0) is 4.74 Å². The quantitative estimate of drug-likeness (QED) is 0.449. The minimum absolute atomic E-state index is 0.909. The highest BCUT2D eigenvalue weighted by atomic mass is 16.5. The highest BCUT2D eigenvalue weighted by Gasteiger charge is 1.91. The predicted molar refractivity (Wildman–Crippen MR) is 63.4 cm³/mol. The summed E-state index contributed by atoms with van der Waals surface area (Å²) in [6, 6.07) is 0. The van der Waals surface area contributed by atoms with Crippen LogP contribution >= 0.6 is 0 Å². The van der Waals surface area contributed by atoms with E-state index in [1.54, 1.807) is 0 Å². The first-order valence-electron chi connectivity index (χ1n) is 6.27. The van der Waals surface area contributed by atoms with Crippen molar-refractivity contribution in [3.63, 3.8) is 0 Å². The van der Waals surface area contributed by atoms with E-state index in [2.05, 4.69) is 20.3 Å². The summed E-state index contributed by atoms with van der Waals surface area (Å²) in [4.78, 5) is 0. The molecule has 0 fully saturated rings. The summed E-state index contributed by atoms with van der Waals surface area (Å²) >= 11 is 0. The minimum atomic E-state index is 0.909. The molecule has 1 heteroatoms. The van der Waals surface area contributed by atoms with Crippen molar-refractivity contribution in [1.82, 2.24) is 0 Å². The Morgan fingerprint density at radius 3 is 2.14 bits per heavy atom. The Labute approximate surface area is 90.2 Å². The van der Waals surface area contributed by atoms with Crippen molar-refractivity contribution >= 4 is 0 Å². The van der Waals surface area contributed by atoms with Crippen LogP contribution in [0.1, 0.15) is 65.2 Å². The van der Waals surface area contributed by atoms with Crippen molar-refractivity contribution in [1.29, 1.82) is 0 Å². The molecule has 0 aliphatic rings. The lowest BCUT2D eigenvalue weighted by atomic mass is 10.1. The fourth-order valence-electron chi connectivity index (χ4n) is 1.46. The van der Waals surface area contributed by atoms with Crippen LogP contribution in [0.25, 0.3) is 0 Å². The zero-order valence-electron chi connectivity index (χ0n) is 10.1. The summed E-state index contributed by atoms with van der Waals surface area (Å²) in [6.07, 6.45) is 12.8. The smallest absolute Gasteiger partial charge is 0.0468 e. The molecule has 1 radical (unpaired) electrons. The van der Waals surface area contributed by atoms with Gasteiger partial charge in [-0.1, -0.05) is 52.4 Å². The van der Waals surface area contributed by atoms with Gasteiger partial charge in [0.05, 0.1) is 0 Å². The van der Waals surface area contributed by atoms with Crippen molar-refractivity contribution in [2.45, 2.75) is 65.2 Å². The lowest BCUT2D eigenvalue weighted by molar-refractivity contribution is 0.132. The molecule has 0 amide bonds. The second kappa shape index (κ2) is 13.0. The monoisotopic (exact) mass is 199 g/mol. The van der Waals surface area contributed by atoms with Crippen molar-refractivity contribution in [3.05, 3.63) is 6.42 Å². The van der Waals surface area contributed by atoms with Gasteiger partial charge in [-0.15, -0.1) is 0 Å². The lowest BCUT2D eigenvalue weighted by Crippen LogP contribution is -1.96. The fourth-order valence-corrected chi connectivity index (χ4v) is 1.46. The molecule has 0 aromatic carbocycles. The number of unbranched alkanes of at least 4 members (excludes halogenated alkanes) is 7. The summed E-state index contributed by atoms with van der Waals surface area (Å²) in [5, 5.41) is 0. The van der Waals surface area contributed by atoms with E-state index in [0.29, 0.717) is 0 Å². The number of ether oxygens (including phenoxy) is 1. The van der Waals surface area contributed by atoms with E-state index in [1.807, 2.05) is 0 Å². The molecule has 85 valence electrons. The van der Waals surface area contributed by atoms with Gasteiger partial charge < -0.3 is 4.74 Å². The second-order valence-electron chi connectivity index (χ2n) is 3.93. The Morgan fingerprint density at radius 1 is 0.857 bits per heavy atom. The van der Waals surface area contributed by atoms with Gasteiger partial charge in [0.15, 0.2) is 0 Å². The third kappa shape index (κ3) is 12.0. The van der Waals surface area contributed by atoms with E-state index < -0.39 is 0 Å². The molecule has 0 heterocycles. The predicted octanol–water partition coefficient (Wildman–Crippen LogP) is 4.37. The van der Waals surface area contributed by atoms with Crippen molar-refractivity contribution in [2.75, 3.05) is 13.2 Å². The molecule has 0 unspecified atom stereocenters. The summed E-state index contributed by atoms with van der Waals surface area (Å²) < 4.78 is 5.47. The third-order valence-corrected chi connectivity index (χ3v) is 2.44. The maximum absolute atomic E-state index is 5.47. The molecular weight excluding hydrogens is 172 g/mol. The van der Waals surface area contributed by atoms with Crippen LogP contribution in [0, 0.1) is 6.42 Å². The van der Waals surface area contributed by atoms with Gasteiger partial charge in [0.2, 0.25) is 0 Å². The topological polar surface area (TPSA) is 9.23 Å². The van der Waals surface area contributed by atoms with Gasteiger partial charge in [-0.2, -0.15) is 0 Å². The normalized spacial score (nSPS) is 10.7. The van der Waals surface area contributed by atoms with Crippen molar-refractivity contribution < 1.29 is 4.74 Å². The number of hydrogen-bond donors (Lipinski definition) is 0. The zero-order valence-corrected chi connectivity index (χ0v) is 10.1. The van der Waals surface area contributed by atoms with Gasteiger partial charge in [-0.05, 0) is 19.3 Å². The maximum Gasteiger partial charge on any atom is 0.0468 e. The summed E-state index contributed by atoms with van der Waals surface area (Å²) in [7, 11) is 0. The van der Waals surface area contributed by atoms with Crippen molar-refractivity contribution in [2.24, 2.45) is 0 Å². The molecular formula is C13H27O. The van der Waals surface area contributed by atoms with Crippen LogP contribution in [0.4, 0.5) is 0 Å². The highest BCUT2D eigenvalue weighted by Crippen LogP contribution is 2.06. The summed E-state index contributed by atoms with van der Waals surface area (Å²) in [5.41, 5.74) is 0. The Morgan fingerprint density at radius 2 is 1.50 bits per heavy atom. The summed E-state index contributed by atoms with van der Waals surface area (Å²) in [6.45, 7) is 6.21. The maximum atomic E-state index is 5.47. The van der Waals surface area contributed by atoms with Gasteiger partial charge in [0, 0.05) is 13.2 Å². The first kappa shape index (κ1) is 14.0. The average molecular weight is 199 g/mol. The first-order valence-corrected chi connectivity index (χ1v) is 6.27. The van der Waals surface area contributed by atoms with E-state index in [1.165, 1.54) is 44.9 Å². The van der Waals surface area contributed by atoms with E-state index >= 15 is 0 Å². The SMILES string of the molecule is C[CH]CCOCCCCCCCCC. The average Bonchev–Trinajstić information content (AvgIpc) is 2.21. The Bertz CT molecular complexity index is 79.2. The van der Waals surface area contributed by atoms with Crippen LogP contribution in [0.15, 0.2) is 0 Å². The van der Waals surface area contributed by atoms with Crippen LogP contribution in [0.5, 0.6) is 0 Å². The number of rotatable bonds is 11. The highest BCUT2D eigenvalue weighted by molar-refractivity contribution is 4.53. The zero-order chi connectivity index (χ0) is 10.5. The van der Waals surface area contributed by atoms with Gasteiger partial charge in [0.25, 0.3) is 0 Å². The molecule has 14 heavy (non-hydrogen) atoms. The Kier molecular flexibility index (Phi) is 12.9. The van der Waals surface area contributed by atoms with E-state index in [0.717, 1.165) is 19.6 Å². The van der Waals surface area contributed by atoms with E-state index in [4.69, 9.17) is 4.74 Å². The molecule has 1 nitrogen and oxygen atoms in total. The third-order valence-electron chi connectivity index (χ3n) is 2.44. The molecule has 0 bridgehead atoms. The Balaban J connectivity index is 2.78. The minimum Gasteiger partial charge on any atom is -0.381 e. The van der Waals surface area contributed by atoms with Crippen LogP contribution in [0.2, 0.25) is 0 Å². The standard InChI is InChI=1S/C13H27O/c1-3-5-7-8-9-10-11-13-14-12-6-4-2/h4H,3,5-13H2,1-2H3. The van der Waals surface area contributed by atoms with E-state index in [9.17, 15) is 0 Å². The molecule has 0 aromatic heterocycles. The molecule has 0 aromatic rings. The molecule has 0 spiro atoms. The number of hydrogen-bond acceptors (Lipinski definition) is 1. The molecule has 0 aliphatic heterocycles. The molecule has 0 atom stereocenters. The largest absolute Gasteiger partial charge is 0.381 e. The van der Waals surface area contributed by atoms with Gasteiger partial charge in [0.1, 0.15) is 0 Å². The molecule has 0 N–H and O–H groups in total. The molecule has 0 saturated heterocycles. The van der Waals surface area contributed by atoms with Crippen LogP contribution in [-0.4, -0.2) is 13.2 Å². The van der Waals surface area contributed by atoms with Gasteiger partial charge >= 0.3 is 0 Å². The molecule has 0 saturated carbocycles. The van der Waals surface area contributed by atoms with Gasteiger partial charge in [-0.25, -0.2) is 0 Å². The first-order chi connectivity index (χ1) is 6.91. The lowest BCUT2D eigenvalue weighted by Gasteiger charge is -2.03. The molecule has 0 aliphatic carbocycles. The fraction of sp³-hybridized carbons (Fsp3) is 0.923. The van der Waals surface area contributed by atoms with Gasteiger partial charge in [-0.3, -0.25) is 0 Å². The van der Waals surface area contributed by atoms with Crippen LogP contribution < -0.4 is 0 Å². The summed E-state index contributed by atoms with van der Waals surface area (Å²) in [5.74, 6) is 0. The van der Waals surface area contributed by atoms with Crippen molar-refractivity contribution in [3.8, 4) is 0 Å².